The average molecular weight is 202 g/mol. The highest BCUT2D eigenvalue weighted by Crippen LogP contribution is 2.19. The van der Waals surface area contributed by atoms with Gasteiger partial charge in [0.2, 0.25) is 0 Å². The molecule has 0 amide bonds. The van der Waals surface area contributed by atoms with Crippen LogP contribution in [0.3, 0.4) is 0 Å². The van der Waals surface area contributed by atoms with E-state index in [1.165, 1.54) is 0 Å². The summed E-state index contributed by atoms with van der Waals surface area (Å²) in [7, 11) is 0. The molecule has 2 nitrogen and oxygen atoms in total. The molecule has 0 atom stereocenters. The highest BCUT2D eigenvalue weighted by atomic mass is 79.9. The van der Waals surface area contributed by atoms with Gasteiger partial charge in [-0.2, -0.15) is 0 Å². The van der Waals surface area contributed by atoms with Gasteiger partial charge in [0.1, 0.15) is 5.75 Å². The van der Waals surface area contributed by atoms with E-state index in [2.05, 4.69) is 16.3 Å². The zero-order valence-electron chi connectivity index (χ0n) is 5.60. The lowest BCUT2D eigenvalue weighted by atomic mass is 10.2. The van der Waals surface area contributed by atoms with Gasteiger partial charge in [0, 0.05) is 11.8 Å². The van der Waals surface area contributed by atoms with Crippen molar-refractivity contribution in [3.05, 3.63) is 23.8 Å². The van der Waals surface area contributed by atoms with Crippen molar-refractivity contribution in [2.45, 2.75) is 6.92 Å². The molecular formula is C7H8BrNO. The lowest BCUT2D eigenvalue weighted by Crippen LogP contribution is -1.88. The maximum Gasteiger partial charge on any atom is 0.179 e. The van der Waals surface area contributed by atoms with Gasteiger partial charge in [0.25, 0.3) is 0 Å². The summed E-state index contributed by atoms with van der Waals surface area (Å²) >= 11 is 2.86. The normalized spacial score (nSPS) is 9.40. The fraction of sp³-hybridized carbons (Fsp3) is 0.143. The number of hydrogen-bond donors (Lipinski definition) is 1. The lowest BCUT2D eigenvalue weighted by molar-refractivity contribution is 0.678. The first-order valence-corrected chi connectivity index (χ1v) is 3.53. The van der Waals surface area contributed by atoms with E-state index >= 15 is 0 Å². The van der Waals surface area contributed by atoms with Gasteiger partial charge in [0.05, 0.1) is 0 Å². The quantitative estimate of drug-likeness (QED) is 0.709. The molecule has 0 fully saturated rings. The van der Waals surface area contributed by atoms with Crippen molar-refractivity contribution in [1.82, 2.24) is 0 Å². The Kier molecular flexibility index (Phi) is 2.17. The molecule has 10 heavy (non-hydrogen) atoms. The Balaban J connectivity index is 3.04. The zero-order chi connectivity index (χ0) is 7.56. The lowest BCUT2D eigenvalue weighted by Gasteiger charge is -2.00. The van der Waals surface area contributed by atoms with Crippen LogP contribution in [0.2, 0.25) is 0 Å². The van der Waals surface area contributed by atoms with E-state index in [0.29, 0.717) is 0 Å². The van der Waals surface area contributed by atoms with Crippen LogP contribution in [0.4, 0.5) is 5.69 Å². The molecule has 2 N–H and O–H groups in total. The maximum atomic E-state index is 5.60. The minimum absolute atomic E-state index is 0.725. The minimum atomic E-state index is 0.725. The smallest absolute Gasteiger partial charge is 0.179 e. The van der Waals surface area contributed by atoms with Crippen molar-refractivity contribution in [3.63, 3.8) is 0 Å². The molecule has 0 saturated heterocycles. The molecule has 0 aliphatic heterocycles. The number of nitrogen functional groups attached to an aromatic ring is 1. The van der Waals surface area contributed by atoms with Gasteiger partial charge in [-0.1, -0.05) is 6.07 Å². The number of anilines is 1. The molecule has 0 aliphatic carbocycles. The summed E-state index contributed by atoms with van der Waals surface area (Å²) < 4.78 is 4.78. The summed E-state index contributed by atoms with van der Waals surface area (Å²) in [5, 5.41) is 0. The van der Waals surface area contributed by atoms with Crippen molar-refractivity contribution in [2.75, 3.05) is 5.73 Å². The van der Waals surface area contributed by atoms with Gasteiger partial charge in [-0.05, 0) is 18.6 Å². The summed E-state index contributed by atoms with van der Waals surface area (Å²) in [5.74, 6) is 0.725. The molecule has 1 aromatic rings. The molecule has 0 unspecified atom stereocenters. The summed E-state index contributed by atoms with van der Waals surface area (Å²) in [6, 6.07) is 5.52. The van der Waals surface area contributed by atoms with E-state index in [0.717, 1.165) is 17.0 Å². The van der Waals surface area contributed by atoms with Crippen LogP contribution in [0.5, 0.6) is 5.75 Å². The molecule has 3 heteroatoms. The van der Waals surface area contributed by atoms with Crippen LogP contribution in [0, 0.1) is 6.92 Å². The summed E-state index contributed by atoms with van der Waals surface area (Å²) in [6.07, 6.45) is 0. The third-order valence-corrected chi connectivity index (χ3v) is 1.71. The first-order valence-electron chi connectivity index (χ1n) is 2.89. The van der Waals surface area contributed by atoms with Gasteiger partial charge < -0.3 is 9.56 Å². The Morgan fingerprint density at radius 2 is 2.20 bits per heavy atom. The highest BCUT2D eigenvalue weighted by molar-refractivity contribution is 9.06. The van der Waals surface area contributed by atoms with Crippen LogP contribution < -0.4 is 9.56 Å². The topological polar surface area (TPSA) is 35.2 Å². The van der Waals surface area contributed by atoms with Gasteiger partial charge in [-0.25, -0.2) is 0 Å². The van der Waals surface area contributed by atoms with Crippen LogP contribution in [0.1, 0.15) is 5.56 Å². The third kappa shape index (κ3) is 1.42. The van der Waals surface area contributed by atoms with Gasteiger partial charge in [-0.15, -0.1) is 0 Å². The number of hydrogen-bond acceptors (Lipinski definition) is 2. The number of halogens is 1. The fourth-order valence-corrected chi connectivity index (χ4v) is 0.868. The monoisotopic (exact) mass is 201 g/mol. The average Bonchev–Trinajstić information content (AvgIpc) is 1.95. The van der Waals surface area contributed by atoms with Crippen LogP contribution in [-0.4, -0.2) is 0 Å². The van der Waals surface area contributed by atoms with E-state index in [9.17, 15) is 0 Å². The molecule has 0 saturated carbocycles. The standard InChI is InChI=1S/C7H8BrNO/c1-5-2-3-6(10-8)4-7(5)9/h2-4H,9H2,1H3. The molecular weight excluding hydrogens is 194 g/mol. The van der Waals surface area contributed by atoms with Crippen molar-refractivity contribution in [3.8, 4) is 5.75 Å². The zero-order valence-corrected chi connectivity index (χ0v) is 7.18. The second-order valence-electron chi connectivity index (χ2n) is 2.10. The van der Waals surface area contributed by atoms with E-state index in [1.54, 1.807) is 6.07 Å². The van der Waals surface area contributed by atoms with Gasteiger partial charge in [0.15, 0.2) is 16.3 Å². The molecule has 1 aromatic carbocycles. The Labute approximate surface area is 68.4 Å². The van der Waals surface area contributed by atoms with Crippen LogP contribution in [0.25, 0.3) is 0 Å². The van der Waals surface area contributed by atoms with Crippen molar-refractivity contribution in [2.24, 2.45) is 0 Å². The first-order chi connectivity index (χ1) is 4.74. The van der Waals surface area contributed by atoms with Crippen LogP contribution in [-0.2, 0) is 0 Å². The van der Waals surface area contributed by atoms with E-state index < -0.39 is 0 Å². The maximum absolute atomic E-state index is 5.60. The molecule has 1 rings (SSSR count). The summed E-state index contributed by atoms with van der Waals surface area (Å²) in [4.78, 5) is 0. The van der Waals surface area contributed by atoms with Crippen LogP contribution >= 0.6 is 16.3 Å². The number of aryl methyl sites for hydroxylation is 1. The molecule has 0 bridgehead atoms. The third-order valence-electron chi connectivity index (χ3n) is 1.34. The van der Waals surface area contributed by atoms with Crippen LogP contribution in [0.15, 0.2) is 18.2 Å². The van der Waals surface area contributed by atoms with Crippen molar-refractivity contribution < 1.29 is 3.83 Å². The molecule has 0 aromatic heterocycles. The Morgan fingerprint density at radius 3 is 2.70 bits per heavy atom. The van der Waals surface area contributed by atoms with Crippen molar-refractivity contribution in [1.29, 1.82) is 0 Å². The molecule has 0 aliphatic rings. The van der Waals surface area contributed by atoms with Gasteiger partial charge in [-0.3, -0.25) is 0 Å². The highest BCUT2D eigenvalue weighted by Gasteiger charge is 1.94. The molecule has 0 radical (unpaired) electrons. The summed E-state index contributed by atoms with van der Waals surface area (Å²) in [5.41, 5.74) is 7.41. The second kappa shape index (κ2) is 2.92. The Hall–Kier alpha value is -0.700. The second-order valence-corrected chi connectivity index (χ2v) is 2.42. The number of benzene rings is 1. The fourth-order valence-electron chi connectivity index (χ4n) is 0.667. The van der Waals surface area contributed by atoms with Gasteiger partial charge >= 0.3 is 0 Å². The molecule has 0 spiro atoms. The minimum Gasteiger partial charge on any atom is -0.418 e. The first kappa shape index (κ1) is 7.41. The largest absolute Gasteiger partial charge is 0.418 e. The number of nitrogens with two attached hydrogens (primary N) is 1. The summed E-state index contributed by atoms with van der Waals surface area (Å²) in [6.45, 7) is 1.95. The number of rotatable bonds is 1. The SMILES string of the molecule is Cc1ccc(OBr)cc1N. The molecule has 54 valence electrons. The van der Waals surface area contributed by atoms with E-state index in [1.807, 2.05) is 19.1 Å². The Bertz CT molecular complexity index is 237. The van der Waals surface area contributed by atoms with Crippen molar-refractivity contribution >= 4 is 21.9 Å². The van der Waals surface area contributed by atoms with E-state index in [-0.39, 0.29) is 0 Å². The Morgan fingerprint density at radius 1 is 1.50 bits per heavy atom. The van der Waals surface area contributed by atoms with E-state index in [4.69, 9.17) is 9.56 Å². The molecule has 0 heterocycles. The predicted octanol–water partition coefficient (Wildman–Crippen LogP) is 2.27. The predicted molar refractivity (Wildman–Crippen MR) is 45.1 cm³/mol.